The summed E-state index contributed by atoms with van der Waals surface area (Å²) < 4.78 is 26.9. The molecule has 4 rings (SSSR count). The summed E-state index contributed by atoms with van der Waals surface area (Å²) in [5.41, 5.74) is 5.65. The molecule has 1 aromatic carbocycles. The highest BCUT2D eigenvalue weighted by Crippen LogP contribution is 2.35. The first-order chi connectivity index (χ1) is 14.5. The van der Waals surface area contributed by atoms with E-state index in [-0.39, 0.29) is 0 Å². The molecular formula is C23H25ClFN3O2. The van der Waals surface area contributed by atoms with Gasteiger partial charge in [-0.2, -0.15) is 0 Å². The third-order valence-electron chi connectivity index (χ3n) is 5.17. The van der Waals surface area contributed by atoms with E-state index in [1.54, 1.807) is 0 Å². The number of alkyl halides is 1. The number of fused-ring (bicyclic) bond motifs is 1. The molecule has 0 N–H and O–H groups in total. The number of rotatable bonds is 5. The number of hydrogen-bond acceptors (Lipinski definition) is 4. The topological polar surface area (TPSA) is 49.2 Å². The van der Waals surface area contributed by atoms with Gasteiger partial charge < -0.3 is 14.0 Å². The minimum Gasteiger partial charge on any atom is -0.492 e. The van der Waals surface area contributed by atoms with Crippen LogP contribution in [0.5, 0.6) is 5.75 Å². The third-order valence-corrected chi connectivity index (χ3v) is 5.46. The standard InChI is InChI=1S/C23H25ClFN3O2/c1-4-29-21-6-5-16(11-19(21)24)23-27-22(17-9-14(2)26-15(3)10-17)20-7-8-30-18(12-25)13-28(20)23/h5-6,9-11,18H,4,7-8,12-13H2,1-3H3/t18-/m1/s1. The van der Waals surface area contributed by atoms with Crippen molar-refractivity contribution in [3.05, 3.63) is 52.4 Å². The van der Waals surface area contributed by atoms with Crippen molar-refractivity contribution in [1.29, 1.82) is 0 Å². The molecule has 3 aromatic rings. The number of hydrogen-bond donors (Lipinski definition) is 0. The predicted octanol–water partition coefficient (Wildman–Crippen LogP) is 5.19. The Hall–Kier alpha value is -2.44. The van der Waals surface area contributed by atoms with E-state index < -0.39 is 12.8 Å². The fraction of sp³-hybridized carbons (Fsp3) is 0.391. The quantitative estimate of drug-likeness (QED) is 0.560. The molecule has 0 spiro atoms. The molecule has 2 aromatic heterocycles. The number of pyridine rings is 1. The molecule has 1 aliphatic heterocycles. The van der Waals surface area contributed by atoms with Gasteiger partial charge in [0.15, 0.2) is 0 Å². The lowest BCUT2D eigenvalue weighted by atomic mass is 10.1. The van der Waals surface area contributed by atoms with Crippen molar-refractivity contribution in [2.75, 3.05) is 19.9 Å². The van der Waals surface area contributed by atoms with Crippen LogP contribution in [0, 0.1) is 13.8 Å². The maximum Gasteiger partial charge on any atom is 0.141 e. The van der Waals surface area contributed by atoms with Gasteiger partial charge in [-0.15, -0.1) is 0 Å². The van der Waals surface area contributed by atoms with E-state index in [1.807, 2.05) is 51.1 Å². The number of ether oxygens (including phenoxy) is 2. The molecule has 0 amide bonds. The summed E-state index contributed by atoms with van der Waals surface area (Å²) in [6.45, 7) is 6.73. The Labute approximate surface area is 180 Å². The highest BCUT2D eigenvalue weighted by atomic mass is 35.5. The van der Waals surface area contributed by atoms with Crippen molar-refractivity contribution in [2.24, 2.45) is 0 Å². The molecule has 5 nitrogen and oxygen atoms in total. The van der Waals surface area contributed by atoms with Gasteiger partial charge in [0.25, 0.3) is 0 Å². The predicted molar refractivity (Wildman–Crippen MR) is 116 cm³/mol. The zero-order chi connectivity index (χ0) is 21.3. The molecule has 0 bridgehead atoms. The van der Waals surface area contributed by atoms with Crippen LogP contribution >= 0.6 is 11.6 Å². The lowest BCUT2D eigenvalue weighted by molar-refractivity contribution is 0.0355. The van der Waals surface area contributed by atoms with Gasteiger partial charge in [-0.25, -0.2) is 9.37 Å². The first-order valence-corrected chi connectivity index (χ1v) is 10.5. The zero-order valence-electron chi connectivity index (χ0n) is 17.4. The van der Waals surface area contributed by atoms with Crippen molar-refractivity contribution in [1.82, 2.24) is 14.5 Å². The second-order valence-electron chi connectivity index (χ2n) is 7.46. The van der Waals surface area contributed by atoms with E-state index in [0.29, 0.717) is 37.0 Å². The van der Waals surface area contributed by atoms with Gasteiger partial charge in [0, 0.05) is 34.6 Å². The molecule has 1 atom stereocenters. The summed E-state index contributed by atoms with van der Waals surface area (Å²) in [5, 5.41) is 0.524. The monoisotopic (exact) mass is 429 g/mol. The number of aromatic nitrogens is 3. The van der Waals surface area contributed by atoms with Gasteiger partial charge in [0.2, 0.25) is 0 Å². The average molecular weight is 430 g/mol. The van der Waals surface area contributed by atoms with Crippen LogP contribution in [0.2, 0.25) is 5.02 Å². The summed E-state index contributed by atoms with van der Waals surface area (Å²) in [6.07, 6.45) is 0.162. The van der Waals surface area contributed by atoms with E-state index in [2.05, 4.69) is 9.55 Å². The molecule has 0 fully saturated rings. The first-order valence-electron chi connectivity index (χ1n) is 10.2. The SMILES string of the molecule is CCOc1ccc(-c2nc(-c3cc(C)nc(C)c3)c3n2C[C@@H](CF)OCC3)cc1Cl. The number of nitrogens with zero attached hydrogens (tertiary/aromatic N) is 3. The molecule has 3 heterocycles. The number of halogens is 2. The minimum absolute atomic E-state index is 0.405. The van der Waals surface area contributed by atoms with Gasteiger partial charge in [-0.1, -0.05) is 11.6 Å². The minimum atomic E-state index is -0.538. The fourth-order valence-electron chi connectivity index (χ4n) is 3.94. The first kappa shape index (κ1) is 20.8. The van der Waals surface area contributed by atoms with Crippen LogP contribution in [0.4, 0.5) is 4.39 Å². The third kappa shape index (κ3) is 4.07. The molecule has 0 aliphatic carbocycles. The van der Waals surface area contributed by atoms with Gasteiger partial charge >= 0.3 is 0 Å². The Morgan fingerprint density at radius 3 is 2.60 bits per heavy atom. The highest BCUT2D eigenvalue weighted by molar-refractivity contribution is 6.32. The fourth-order valence-corrected chi connectivity index (χ4v) is 4.18. The molecule has 1 aliphatic rings. The summed E-state index contributed by atoms with van der Waals surface area (Å²) in [5.74, 6) is 1.39. The number of imidazole rings is 1. The van der Waals surface area contributed by atoms with Crippen LogP contribution in [0.3, 0.4) is 0 Å². The molecule has 30 heavy (non-hydrogen) atoms. The van der Waals surface area contributed by atoms with Gasteiger partial charge in [0.1, 0.15) is 24.4 Å². The second-order valence-corrected chi connectivity index (χ2v) is 7.86. The van der Waals surface area contributed by atoms with Crippen LogP contribution in [0.1, 0.15) is 24.0 Å². The Bertz CT molecular complexity index is 1050. The van der Waals surface area contributed by atoms with Gasteiger partial charge in [0.05, 0.1) is 30.5 Å². The second kappa shape index (κ2) is 8.74. The van der Waals surface area contributed by atoms with E-state index in [0.717, 1.165) is 39.7 Å². The van der Waals surface area contributed by atoms with Crippen LogP contribution in [0.25, 0.3) is 22.6 Å². The Morgan fingerprint density at radius 1 is 1.17 bits per heavy atom. The smallest absolute Gasteiger partial charge is 0.141 e. The molecule has 0 radical (unpaired) electrons. The molecule has 158 valence electrons. The normalized spacial score (nSPS) is 16.2. The average Bonchev–Trinajstić information content (AvgIpc) is 2.92. The van der Waals surface area contributed by atoms with Crippen molar-refractivity contribution in [2.45, 2.75) is 39.8 Å². The van der Waals surface area contributed by atoms with Crippen LogP contribution in [-0.2, 0) is 17.7 Å². The largest absolute Gasteiger partial charge is 0.492 e. The molecule has 0 unspecified atom stereocenters. The molecule has 7 heteroatoms. The zero-order valence-corrected chi connectivity index (χ0v) is 18.2. The van der Waals surface area contributed by atoms with Gasteiger partial charge in [-0.3, -0.25) is 4.98 Å². The van der Waals surface area contributed by atoms with Crippen molar-refractivity contribution in [3.63, 3.8) is 0 Å². The van der Waals surface area contributed by atoms with Crippen molar-refractivity contribution in [3.8, 4) is 28.4 Å². The summed E-state index contributed by atoms with van der Waals surface area (Å²) in [4.78, 5) is 9.48. The van der Waals surface area contributed by atoms with E-state index >= 15 is 0 Å². The summed E-state index contributed by atoms with van der Waals surface area (Å²) >= 11 is 6.44. The maximum absolute atomic E-state index is 13.5. The van der Waals surface area contributed by atoms with E-state index in [9.17, 15) is 4.39 Å². The highest BCUT2D eigenvalue weighted by Gasteiger charge is 2.26. The summed E-state index contributed by atoms with van der Waals surface area (Å²) in [7, 11) is 0. The van der Waals surface area contributed by atoms with Crippen molar-refractivity contribution < 1.29 is 13.9 Å². The van der Waals surface area contributed by atoms with Crippen LogP contribution < -0.4 is 4.74 Å². The lowest BCUT2D eigenvalue weighted by Gasteiger charge is -2.14. The molecule has 0 saturated carbocycles. The molecule has 0 saturated heterocycles. The van der Waals surface area contributed by atoms with Crippen LogP contribution in [0.15, 0.2) is 30.3 Å². The van der Waals surface area contributed by atoms with Crippen molar-refractivity contribution >= 4 is 11.6 Å². The summed E-state index contributed by atoms with van der Waals surface area (Å²) in [6, 6.07) is 9.71. The Kier molecular flexibility index (Phi) is 6.06. The van der Waals surface area contributed by atoms with E-state index in [1.165, 1.54) is 0 Å². The lowest BCUT2D eigenvalue weighted by Crippen LogP contribution is -2.21. The molecular weight excluding hydrogens is 405 g/mol. The Balaban J connectivity index is 1.88. The van der Waals surface area contributed by atoms with Gasteiger partial charge in [-0.05, 0) is 51.1 Å². The maximum atomic E-state index is 13.5. The number of aryl methyl sites for hydroxylation is 2. The Morgan fingerprint density at radius 2 is 1.93 bits per heavy atom. The number of benzene rings is 1. The van der Waals surface area contributed by atoms with Crippen LogP contribution in [-0.4, -0.2) is 40.5 Å². The van der Waals surface area contributed by atoms with E-state index in [4.69, 9.17) is 26.1 Å².